The van der Waals surface area contributed by atoms with Gasteiger partial charge >= 0.3 is 6.18 Å². The summed E-state index contributed by atoms with van der Waals surface area (Å²) in [5.74, 6) is -1.01. The molecule has 2 atom stereocenters. The highest BCUT2D eigenvalue weighted by Crippen LogP contribution is 2.39. The average Bonchev–Trinajstić information content (AvgIpc) is 2.87. The third-order valence-electron chi connectivity index (χ3n) is 5.00. The van der Waals surface area contributed by atoms with E-state index in [2.05, 4.69) is 10.8 Å². The molecular weight excluding hydrogens is 329 g/mol. The molecular formula is C15H23F3N2O2S. The van der Waals surface area contributed by atoms with Gasteiger partial charge in [-0.2, -0.15) is 18.4 Å². The quantitative estimate of drug-likeness (QED) is 0.823. The summed E-state index contributed by atoms with van der Waals surface area (Å²) in [4.78, 5) is 0. The van der Waals surface area contributed by atoms with Gasteiger partial charge in [0, 0.05) is 12.5 Å². The van der Waals surface area contributed by atoms with Gasteiger partial charge in [-0.05, 0) is 31.6 Å². The Morgan fingerprint density at radius 1 is 1.13 bits per heavy atom. The molecule has 2 saturated carbocycles. The smallest absolute Gasteiger partial charge is 0.212 e. The lowest BCUT2D eigenvalue weighted by Gasteiger charge is -2.33. The minimum Gasteiger partial charge on any atom is -0.212 e. The van der Waals surface area contributed by atoms with E-state index < -0.39 is 40.0 Å². The van der Waals surface area contributed by atoms with Crippen LogP contribution < -0.4 is 4.72 Å². The first-order chi connectivity index (χ1) is 10.6. The van der Waals surface area contributed by atoms with Crippen molar-refractivity contribution in [3.8, 4) is 6.07 Å². The molecule has 1 N–H and O–H groups in total. The molecule has 0 aliphatic heterocycles. The van der Waals surface area contributed by atoms with Crippen molar-refractivity contribution >= 4 is 10.0 Å². The lowest BCUT2D eigenvalue weighted by atomic mass is 9.83. The molecule has 0 aromatic carbocycles. The molecule has 0 unspecified atom stereocenters. The zero-order valence-corrected chi connectivity index (χ0v) is 13.8. The molecule has 0 aromatic rings. The summed E-state index contributed by atoms with van der Waals surface area (Å²) >= 11 is 0. The van der Waals surface area contributed by atoms with Crippen LogP contribution in [0.3, 0.4) is 0 Å². The summed E-state index contributed by atoms with van der Waals surface area (Å²) in [6.07, 6.45) is -0.273. The van der Waals surface area contributed by atoms with E-state index in [-0.39, 0.29) is 5.75 Å². The van der Waals surface area contributed by atoms with Crippen LogP contribution in [0.1, 0.15) is 57.8 Å². The second-order valence-corrected chi connectivity index (χ2v) is 8.70. The summed E-state index contributed by atoms with van der Waals surface area (Å²) in [6, 6.07) is 1.45. The number of nitrogens with zero attached hydrogens (tertiary/aromatic N) is 1. The standard InChI is InChI=1S/C15H23F3N2O2S/c16-15(17,18)9-12-5-1-2-6-13(12)20-23(21,22)11-14(10-19)7-3-4-8-14/h12-13,20H,1-9,11H2/t12-,13-/m0/s1. The van der Waals surface area contributed by atoms with Gasteiger partial charge in [0.1, 0.15) is 0 Å². The van der Waals surface area contributed by atoms with Gasteiger partial charge < -0.3 is 0 Å². The molecule has 8 heteroatoms. The van der Waals surface area contributed by atoms with E-state index in [1.165, 1.54) is 0 Å². The Labute approximate surface area is 135 Å². The van der Waals surface area contributed by atoms with E-state index in [1.807, 2.05) is 0 Å². The van der Waals surface area contributed by atoms with E-state index in [4.69, 9.17) is 0 Å². The van der Waals surface area contributed by atoms with E-state index in [1.54, 1.807) is 0 Å². The first kappa shape index (κ1) is 18.5. The van der Waals surface area contributed by atoms with Gasteiger partial charge in [-0.25, -0.2) is 13.1 Å². The van der Waals surface area contributed by atoms with Crippen molar-refractivity contribution in [3.05, 3.63) is 0 Å². The van der Waals surface area contributed by atoms with Crippen molar-refractivity contribution in [2.24, 2.45) is 11.3 Å². The maximum Gasteiger partial charge on any atom is 0.389 e. The van der Waals surface area contributed by atoms with Crippen molar-refractivity contribution in [1.29, 1.82) is 5.26 Å². The molecule has 0 saturated heterocycles. The highest BCUT2D eigenvalue weighted by atomic mass is 32.2. The highest BCUT2D eigenvalue weighted by molar-refractivity contribution is 7.89. The monoisotopic (exact) mass is 352 g/mol. The topological polar surface area (TPSA) is 70.0 Å². The predicted octanol–water partition coefficient (Wildman–Crippen LogP) is 3.50. The fourth-order valence-corrected chi connectivity index (χ4v) is 5.82. The van der Waals surface area contributed by atoms with E-state index in [0.29, 0.717) is 32.1 Å². The van der Waals surface area contributed by atoms with Gasteiger partial charge in [-0.3, -0.25) is 0 Å². The number of hydrogen-bond donors (Lipinski definition) is 1. The number of sulfonamides is 1. The summed E-state index contributed by atoms with van der Waals surface area (Å²) in [6.45, 7) is 0. The Kier molecular flexibility index (Phi) is 5.62. The maximum atomic E-state index is 12.7. The zero-order valence-electron chi connectivity index (χ0n) is 13.0. The average molecular weight is 352 g/mol. The minimum atomic E-state index is -4.29. The van der Waals surface area contributed by atoms with Crippen LogP contribution in [0.2, 0.25) is 0 Å². The van der Waals surface area contributed by atoms with Gasteiger partial charge in [-0.1, -0.05) is 25.7 Å². The van der Waals surface area contributed by atoms with Gasteiger partial charge in [0.2, 0.25) is 10.0 Å². The van der Waals surface area contributed by atoms with Gasteiger partial charge in [0.25, 0.3) is 0 Å². The summed E-state index contributed by atoms with van der Waals surface area (Å²) in [5.41, 5.74) is -0.875. The predicted molar refractivity (Wildman–Crippen MR) is 79.9 cm³/mol. The van der Waals surface area contributed by atoms with Crippen LogP contribution in [0.15, 0.2) is 0 Å². The van der Waals surface area contributed by atoms with Crippen molar-refractivity contribution in [2.75, 3.05) is 5.75 Å². The second-order valence-electron chi connectivity index (χ2n) is 6.95. The van der Waals surface area contributed by atoms with Crippen LogP contribution in [-0.2, 0) is 10.0 Å². The van der Waals surface area contributed by atoms with Crippen molar-refractivity contribution in [1.82, 2.24) is 4.72 Å². The normalized spacial score (nSPS) is 28.4. The molecule has 2 aliphatic rings. The molecule has 2 rings (SSSR count). The largest absolute Gasteiger partial charge is 0.389 e. The number of hydrogen-bond acceptors (Lipinski definition) is 3. The Bertz CT molecular complexity index is 548. The fraction of sp³-hybridized carbons (Fsp3) is 0.933. The summed E-state index contributed by atoms with van der Waals surface area (Å²) in [5, 5.41) is 9.30. The lowest BCUT2D eigenvalue weighted by Crippen LogP contribution is -2.46. The molecule has 0 amide bonds. The van der Waals surface area contributed by atoms with Crippen molar-refractivity contribution in [2.45, 2.75) is 70.0 Å². The number of nitriles is 1. The number of rotatable bonds is 5. The molecule has 23 heavy (non-hydrogen) atoms. The molecule has 4 nitrogen and oxygen atoms in total. The van der Waals surface area contributed by atoms with Crippen LogP contribution in [-0.4, -0.2) is 26.4 Å². The lowest BCUT2D eigenvalue weighted by molar-refractivity contribution is -0.148. The Balaban J connectivity index is 2.04. The van der Waals surface area contributed by atoms with Crippen molar-refractivity contribution < 1.29 is 21.6 Å². The molecule has 2 aliphatic carbocycles. The molecule has 0 aromatic heterocycles. The van der Waals surface area contributed by atoms with E-state index in [0.717, 1.165) is 19.3 Å². The number of nitrogens with one attached hydrogen (secondary N) is 1. The number of alkyl halides is 3. The Morgan fingerprint density at radius 2 is 1.74 bits per heavy atom. The van der Waals surface area contributed by atoms with Crippen molar-refractivity contribution in [3.63, 3.8) is 0 Å². The third kappa shape index (κ3) is 5.35. The second kappa shape index (κ2) is 6.98. The first-order valence-corrected chi connectivity index (χ1v) is 9.78. The van der Waals surface area contributed by atoms with Crippen LogP contribution >= 0.6 is 0 Å². The minimum absolute atomic E-state index is 0.300. The fourth-order valence-electron chi connectivity index (χ4n) is 3.88. The molecule has 2 fully saturated rings. The summed E-state index contributed by atoms with van der Waals surface area (Å²) < 4.78 is 65.3. The van der Waals surface area contributed by atoms with Gasteiger partial charge in [-0.15, -0.1) is 0 Å². The van der Waals surface area contributed by atoms with Crippen LogP contribution in [0.25, 0.3) is 0 Å². The van der Waals surface area contributed by atoms with Crippen LogP contribution in [0.5, 0.6) is 0 Å². The zero-order chi connectivity index (χ0) is 17.1. The highest BCUT2D eigenvalue weighted by Gasteiger charge is 2.42. The first-order valence-electron chi connectivity index (χ1n) is 8.13. The molecule has 0 spiro atoms. The van der Waals surface area contributed by atoms with E-state index in [9.17, 15) is 26.9 Å². The molecule has 0 bridgehead atoms. The SMILES string of the molecule is N#CC1(CS(=O)(=O)N[C@H]2CCCC[C@H]2CC(F)(F)F)CCCC1. The van der Waals surface area contributed by atoms with Gasteiger partial charge in [0.05, 0.1) is 17.2 Å². The Morgan fingerprint density at radius 3 is 2.30 bits per heavy atom. The van der Waals surface area contributed by atoms with Gasteiger partial charge in [0.15, 0.2) is 0 Å². The van der Waals surface area contributed by atoms with E-state index >= 15 is 0 Å². The molecule has 0 radical (unpaired) electrons. The number of halogens is 3. The molecule has 132 valence electrons. The summed E-state index contributed by atoms with van der Waals surface area (Å²) in [7, 11) is -3.76. The Hall–Kier alpha value is -0.810. The maximum absolute atomic E-state index is 12.7. The van der Waals surface area contributed by atoms with Crippen LogP contribution in [0, 0.1) is 22.7 Å². The van der Waals surface area contributed by atoms with Crippen LogP contribution in [0.4, 0.5) is 13.2 Å². The molecule has 0 heterocycles. The third-order valence-corrected chi connectivity index (χ3v) is 6.59.